The normalized spacial score (nSPS) is 22.8. The summed E-state index contributed by atoms with van der Waals surface area (Å²) in [6, 6.07) is 0. The van der Waals surface area contributed by atoms with Gasteiger partial charge in [-0.25, -0.2) is 0 Å². The second kappa shape index (κ2) is 9.85. The standard InChI is InChI=1S/C14H27N3O2.2ClH/c1-17-8-3-12(4-9-17)2-7-16-13(18)14(15)5-10-19-11-6-14;;/h12H,2-11,15H2,1H3,(H,16,18);2*1H. The fourth-order valence-corrected chi connectivity index (χ4v) is 2.88. The van der Waals surface area contributed by atoms with E-state index in [1.165, 1.54) is 25.9 Å². The monoisotopic (exact) mass is 341 g/mol. The van der Waals surface area contributed by atoms with Crippen molar-refractivity contribution in [3.63, 3.8) is 0 Å². The van der Waals surface area contributed by atoms with Gasteiger partial charge in [0.25, 0.3) is 0 Å². The van der Waals surface area contributed by atoms with Gasteiger partial charge in [-0.15, -0.1) is 24.8 Å². The molecule has 0 aromatic heterocycles. The maximum atomic E-state index is 12.1. The third-order valence-corrected chi connectivity index (χ3v) is 4.51. The maximum Gasteiger partial charge on any atom is 0.240 e. The minimum atomic E-state index is -0.703. The second-order valence-electron chi connectivity index (χ2n) is 6.06. The van der Waals surface area contributed by atoms with Crippen molar-refractivity contribution in [2.24, 2.45) is 11.7 Å². The van der Waals surface area contributed by atoms with Crippen LogP contribution >= 0.6 is 24.8 Å². The minimum absolute atomic E-state index is 0. The van der Waals surface area contributed by atoms with Crippen LogP contribution in [-0.2, 0) is 9.53 Å². The van der Waals surface area contributed by atoms with Gasteiger partial charge in [0.05, 0.1) is 5.54 Å². The van der Waals surface area contributed by atoms with Crippen molar-refractivity contribution in [3.05, 3.63) is 0 Å². The predicted molar refractivity (Wildman–Crippen MR) is 89.3 cm³/mol. The zero-order chi connectivity index (χ0) is 13.7. The highest BCUT2D eigenvalue weighted by Gasteiger charge is 2.35. The average Bonchev–Trinajstić information content (AvgIpc) is 2.42. The summed E-state index contributed by atoms with van der Waals surface area (Å²) in [5.74, 6) is 0.753. The van der Waals surface area contributed by atoms with Gasteiger partial charge in [-0.3, -0.25) is 4.79 Å². The first-order chi connectivity index (χ1) is 9.10. The first kappa shape index (κ1) is 20.9. The van der Waals surface area contributed by atoms with Crippen LogP contribution < -0.4 is 11.1 Å². The Kier molecular flexibility index (Phi) is 9.81. The molecule has 2 saturated heterocycles. The second-order valence-corrected chi connectivity index (χ2v) is 6.06. The summed E-state index contributed by atoms with van der Waals surface area (Å²) >= 11 is 0. The van der Waals surface area contributed by atoms with Crippen LogP contribution in [0.4, 0.5) is 0 Å². The highest BCUT2D eigenvalue weighted by molar-refractivity contribution is 5.86. The van der Waals surface area contributed by atoms with E-state index in [2.05, 4.69) is 17.3 Å². The molecule has 3 N–H and O–H groups in total. The van der Waals surface area contributed by atoms with Crippen LogP contribution in [0.5, 0.6) is 0 Å². The number of ether oxygens (including phenoxy) is 1. The smallest absolute Gasteiger partial charge is 0.240 e. The number of hydrogen-bond acceptors (Lipinski definition) is 4. The summed E-state index contributed by atoms with van der Waals surface area (Å²) < 4.78 is 5.26. The van der Waals surface area contributed by atoms with Gasteiger partial charge >= 0.3 is 0 Å². The molecule has 0 aliphatic carbocycles. The Hall–Kier alpha value is -0.0700. The molecule has 2 aliphatic rings. The van der Waals surface area contributed by atoms with Crippen molar-refractivity contribution in [3.8, 4) is 0 Å². The molecule has 5 nitrogen and oxygen atoms in total. The molecule has 0 radical (unpaired) electrons. The Balaban J connectivity index is 0.00000200. The van der Waals surface area contributed by atoms with Crippen molar-refractivity contribution < 1.29 is 9.53 Å². The number of rotatable bonds is 4. The summed E-state index contributed by atoms with van der Waals surface area (Å²) in [4.78, 5) is 14.5. The van der Waals surface area contributed by atoms with E-state index in [0.29, 0.717) is 26.1 Å². The van der Waals surface area contributed by atoms with E-state index in [-0.39, 0.29) is 30.7 Å². The molecule has 126 valence electrons. The summed E-state index contributed by atoms with van der Waals surface area (Å²) in [6.07, 6.45) is 4.83. The van der Waals surface area contributed by atoms with E-state index in [9.17, 15) is 4.79 Å². The van der Waals surface area contributed by atoms with Crippen molar-refractivity contribution in [2.75, 3.05) is 39.9 Å². The van der Waals surface area contributed by atoms with Crippen molar-refractivity contribution in [1.82, 2.24) is 10.2 Å². The summed E-state index contributed by atoms with van der Waals surface area (Å²) in [5.41, 5.74) is 5.44. The van der Waals surface area contributed by atoms with Crippen LogP contribution in [0.3, 0.4) is 0 Å². The number of halogens is 2. The number of piperidine rings is 1. The lowest BCUT2D eigenvalue weighted by Gasteiger charge is -2.32. The lowest BCUT2D eigenvalue weighted by Crippen LogP contribution is -2.57. The Morgan fingerprint density at radius 2 is 1.86 bits per heavy atom. The van der Waals surface area contributed by atoms with Gasteiger partial charge in [-0.05, 0) is 58.2 Å². The fourth-order valence-electron chi connectivity index (χ4n) is 2.88. The first-order valence-corrected chi connectivity index (χ1v) is 7.44. The highest BCUT2D eigenvalue weighted by atomic mass is 35.5. The van der Waals surface area contributed by atoms with Crippen molar-refractivity contribution in [2.45, 2.75) is 37.6 Å². The van der Waals surface area contributed by atoms with E-state index in [4.69, 9.17) is 10.5 Å². The molecule has 2 heterocycles. The molecular weight excluding hydrogens is 313 g/mol. The lowest BCUT2D eigenvalue weighted by atomic mass is 9.90. The van der Waals surface area contributed by atoms with Gasteiger partial charge in [0.15, 0.2) is 0 Å². The van der Waals surface area contributed by atoms with Gasteiger partial charge in [-0.2, -0.15) is 0 Å². The molecule has 2 aliphatic heterocycles. The van der Waals surface area contributed by atoms with Crippen LogP contribution in [0.2, 0.25) is 0 Å². The maximum absolute atomic E-state index is 12.1. The zero-order valence-corrected chi connectivity index (χ0v) is 14.4. The van der Waals surface area contributed by atoms with E-state index < -0.39 is 5.54 Å². The SMILES string of the molecule is CN1CCC(CCNC(=O)C2(N)CCOCC2)CC1.Cl.Cl. The Bertz CT molecular complexity index is 305. The van der Waals surface area contributed by atoms with Crippen LogP contribution in [-0.4, -0.2) is 56.2 Å². The third-order valence-electron chi connectivity index (χ3n) is 4.51. The molecule has 0 saturated carbocycles. The molecule has 0 aromatic carbocycles. The summed E-state index contributed by atoms with van der Waals surface area (Å²) in [7, 11) is 2.17. The Labute approximate surface area is 140 Å². The number of nitrogens with zero attached hydrogens (tertiary/aromatic N) is 1. The van der Waals surface area contributed by atoms with Crippen LogP contribution in [0.25, 0.3) is 0 Å². The van der Waals surface area contributed by atoms with Crippen molar-refractivity contribution >= 4 is 30.7 Å². The third kappa shape index (κ3) is 6.28. The number of nitrogens with one attached hydrogen (secondary N) is 1. The molecule has 1 amide bonds. The Morgan fingerprint density at radius 1 is 1.29 bits per heavy atom. The molecule has 21 heavy (non-hydrogen) atoms. The van der Waals surface area contributed by atoms with E-state index in [0.717, 1.165) is 18.9 Å². The molecule has 0 unspecified atom stereocenters. The highest BCUT2D eigenvalue weighted by Crippen LogP contribution is 2.20. The number of hydrogen-bond donors (Lipinski definition) is 2. The number of nitrogens with two attached hydrogens (primary N) is 1. The lowest BCUT2D eigenvalue weighted by molar-refractivity contribution is -0.129. The number of amides is 1. The van der Waals surface area contributed by atoms with Gasteiger partial charge in [0.1, 0.15) is 0 Å². The number of carbonyl (C=O) groups is 1. The molecule has 0 aromatic rings. The summed E-state index contributed by atoms with van der Waals surface area (Å²) in [6.45, 7) is 4.30. The molecule has 2 rings (SSSR count). The molecule has 0 atom stereocenters. The van der Waals surface area contributed by atoms with Gasteiger partial charge in [-0.1, -0.05) is 0 Å². The van der Waals surface area contributed by atoms with E-state index in [1.54, 1.807) is 0 Å². The molecule has 7 heteroatoms. The molecule has 2 fully saturated rings. The molecule has 0 spiro atoms. The van der Waals surface area contributed by atoms with Gasteiger partial charge in [0, 0.05) is 19.8 Å². The van der Waals surface area contributed by atoms with Gasteiger partial charge in [0.2, 0.25) is 5.91 Å². The van der Waals surface area contributed by atoms with Crippen LogP contribution in [0, 0.1) is 5.92 Å². The van der Waals surface area contributed by atoms with E-state index in [1.807, 2.05) is 0 Å². The first-order valence-electron chi connectivity index (χ1n) is 7.44. The quantitative estimate of drug-likeness (QED) is 0.805. The largest absolute Gasteiger partial charge is 0.381 e. The Morgan fingerprint density at radius 3 is 2.43 bits per heavy atom. The zero-order valence-electron chi connectivity index (χ0n) is 12.8. The van der Waals surface area contributed by atoms with Crippen LogP contribution in [0.15, 0.2) is 0 Å². The fraction of sp³-hybridized carbons (Fsp3) is 0.929. The van der Waals surface area contributed by atoms with Gasteiger partial charge < -0.3 is 20.7 Å². The number of likely N-dealkylation sites (tertiary alicyclic amines) is 1. The summed E-state index contributed by atoms with van der Waals surface area (Å²) in [5, 5.41) is 3.02. The van der Waals surface area contributed by atoms with Crippen LogP contribution in [0.1, 0.15) is 32.1 Å². The van der Waals surface area contributed by atoms with E-state index >= 15 is 0 Å². The minimum Gasteiger partial charge on any atom is -0.381 e. The molecular formula is C14H29Cl2N3O2. The molecule has 0 bridgehead atoms. The topological polar surface area (TPSA) is 67.6 Å². The average molecular weight is 342 g/mol. The van der Waals surface area contributed by atoms with Crippen molar-refractivity contribution in [1.29, 1.82) is 0 Å². The predicted octanol–water partition coefficient (Wildman–Crippen LogP) is 1.19. The number of carbonyl (C=O) groups excluding carboxylic acids is 1.